The van der Waals surface area contributed by atoms with E-state index in [0.717, 1.165) is 0 Å². The van der Waals surface area contributed by atoms with Gasteiger partial charge in [0.15, 0.2) is 5.69 Å². The van der Waals surface area contributed by atoms with Crippen molar-refractivity contribution in [1.82, 2.24) is 4.98 Å². The Kier molecular flexibility index (Phi) is 8.43. The van der Waals surface area contributed by atoms with Gasteiger partial charge in [-0.05, 0) is 25.5 Å². The van der Waals surface area contributed by atoms with Crippen LogP contribution in [0, 0.1) is 0 Å². The maximum absolute atomic E-state index is 11.7. The molecular formula is C13H17IN2O4S. The van der Waals surface area contributed by atoms with E-state index in [9.17, 15) is 9.59 Å². The molecule has 1 aromatic rings. The number of ether oxygens (including phenoxy) is 2. The molecule has 0 aliphatic heterocycles. The lowest BCUT2D eigenvalue weighted by atomic mass is 10.2. The van der Waals surface area contributed by atoms with Crippen LogP contribution >= 0.6 is 30.3 Å². The molecule has 8 heteroatoms. The summed E-state index contributed by atoms with van der Waals surface area (Å²) < 4.78 is 11.5. The van der Waals surface area contributed by atoms with Crippen molar-refractivity contribution in [3.63, 3.8) is 0 Å². The lowest BCUT2D eigenvalue weighted by molar-refractivity contribution is -0.143. The molecule has 0 spiro atoms. The van der Waals surface area contributed by atoms with Crippen molar-refractivity contribution >= 4 is 48.0 Å². The van der Waals surface area contributed by atoms with Crippen molar-refractivity contribution < 1.29 is 19.1 Å². The topological polar surface area (TPSA) is 68.7 Å². The molecule has 0 unspecified atom stereocenters. The van der Waals surface area contributed by atoms with E-state index in [-0.39, 0.29) is 11.7 Å². The van der Waals surface area contributed by atoms with Crippen LogP contribution in [0.3, 0.4) is 0 Å². The van der Waals surface area contributed by atoms with Crippen molar-refractivity contribution in [3.05, 3.63) is 24.0 Å². The number of rotatable bonds is 8. The second kappa shape index (κ2) is 9.82. The average Bonchev–Trinajstić information content (AvgIpc) is 2.51. The monoisotopic (exact) mass is 424 g/mol. The highest BCUT2D eigenvalue weighted by Gasteiger charge is 2.18. The van der Waals surface area contributed by atoms with Crippen molar-refractivity contribution in [1.29, 1.82) is 0 Å². The van der Waals surface area contributed by atoms with Gasteiger partial charge in [-0.1, -0.05) is 0 Å². The highest BCUT2D eigenvalue weighted by atomic mass is 127. The van der Waals surface area contributed by atoms with E-state index in [4.69, 9.17) is 9.47 Å². The van der Waals surface area contributed by atoms with E-state index < -0.39 is 5.97 Å². The SMILES string of the molecule is CCOC(=O)CCCN(SI)c1cccnc1C(=O)OC. The molecule has 0 radical (unpaired) electrons. The molecule has 0 saturated carbocycles. The van der Waals surface area contributed by atoms with E-state index in [1.54, 1.807) is 25.3 Å². The Balaban J connectivity index is 2.72. The number of hydrogen-bond acceptors (Lipinski definition) is 7. The second-order valence-electron chi connectivity index (χ2n) is 3.94. The first-order valence-electron chi connectivity index (χ1n) is 6.39. The van der Waals surface area contributed by atoms with Crippen LogP contribution in [-0.2, 0) is 14.3 Å². The first kappa shape index (κ1) is 18.0. The molecular weight excluding hydrogens is 407 g/mol. The van der Waals surface area contributed by atoms with Gasteiger partial charge in [0.2, 0.25) is 0 Å². The molecule has 6 nitrogen and oxygen atoms in total. The van der Waals surface area contributed by atoms with Gasteiger partial charge in [0.1, 0.15) is 0 Å². The highest BCUT2D eigenvalue weighted by Crippen LogP contribution is 2.30. The molecule has 0 amide bonds. The molecule has 1 heterocycles. The van der Waals surface area contributed by atoms with Gasteiger partial charge in [0, 0.05) is 49.5 Å². The summed E-state index contributed by atoms with van der Waals surface area (Å²) in [7, 11) is 2.76. The Morgan fingerprint density at radius 3 is 2.86 bits per heavy atom. The molecule has 1 rings (SSSR count). The van der Waals surface area contributed by atoms with Gasteiger partial charge < -0.3 is 13.8 Å². The van der Waals surface area contributed by atoms with Gasteiger partial charge in [-0.3, -0.25) is 4.79 Å². The van der Waals surface area contributed by atoms with Gasteiger partial charge in [-0.25, -0.2) is 9.78 Å². The first-order valence-corrected chi connectivity index (χ1v) is 9.70. The van der Waals surface area contributed by atoms with Crippen LogP contribution in [0.4, 0.5) is 5.69 Å². The average molecular weight is 424 g/mol. The Labute approximate surface area is 140 Å². The van der Waals surface area contributed by atoms with Gasteiger partial charge in [-0.15, -0.1) is 0 Å². The Morgan fingerprint density at radius 1 is 1.48 bits per heavy atom. The van der Waals surface area contributed by atoms with Crippen LogP contribution in [0.1, 0.15) is 30.3 Å². The number of esters is 2. The summed E-state index contributed by atoms with van der Waals surface area (Å²) in [6.07, 6.45) is 2.52. The molecule has 0 atom stereocenters. The summed E-state index contributed by atoms with van der Waals surface area (Å²) in [6.45, 7) is 2.77. The molecule has 0 aliphatic rings. The van der Waals surface area contributed by atoms with Crippen LogP contribution in [0.5, 0.6) is 0 Å². The largest absolute Gasteiger partial charge is 0.466 e. The molecule has 0 bridgehead atoms. The van der Waals surface area contributed by atoms with Crippen molar-refractivity contribution in [3.8, 4) is 0 Å². The lowest BCUT2D eigenvalue weighted by Gasteiger charge is -2.21. The van der Waals surface area contributed by atoms with E-state index in [2.05, 4.69) is 26.2 Å². The highest BCUT2D eigenvalue weighted by molar-refractivity contribution is 14.2. The second-order valence-corrected chi connectivity index (χ2v) is 5.70. The number of hydrogen-bond donors (Lipinski definition) is 0. The van der Waals surface area contributed by atoms with Crippen LogP contribution in [0.2, 0.25) is 0 Å². The molecule has 0 aliphatic carbocycles. The minimum Gasteiger partial charge on any atom is -0.466 e. The standard InChI is InChI=1S/C13H17IN2O4S/c1-3-20-11(17)7-5-9-16(21-14)10-6-4-8-15-12(10)13(18)19-2/h4,6,8H,3,5,7,9H2,1-2H3. The lowest BCUT2D eigenvalue weighted by Crippen LogP contribution is -2.20. The van der Waals surface area contributed by atoms with Crippen LogP contribution in [-0.4, -0.2) is 37.2 Å². The van der Waals surface area contributed by atoms with Gasteiger partial charge in [0.25, 0.3) is 0 Å². The summed E-state index contributed by atoms with van der Waals surface area (Å²) in [4.78, 5) is 27.1. The molecule has 0 saturated heterocycles. The summed E-state index contributed by atoms with van der Waals surface area (Å²) in [6, 6.07) is 3.56. The zero-order valence-corrected chi connectivity index (χ0v) is 14.8. The smallest absolute Gasteiger partial charge is 0.358 e. The maximum atomic E-state index is 11.7. The third-order valence-electron chi connectivity index (χ3n) is 2.56. The minimum absolute atomic E-state index is 0.213. The van der Waals surface area contributed by atoms with Crippen LogP contribution in [0.25, 0.3) is 0 Å². The Morgan fingerprint density at radius 2 is 2.24 bits per heavy atom. The molecule has 116 valence electrons. The van der Waals surface area contributed by atoms with Crippen LogP contribution < -0.4 is 4.31 Å². The number of methoxy groups -OCH3 is 1. The van der Waals surface area contributed by atoms with Crippen LogP contribution in [0.15, 0.2) is 18.3 Å². The van der Waals surface area contributed by atoms with E-state index in [1.807, 2.05) is 4.31 Å². The molecule has 0 N–H and O–H groups in total. The zero-order valence-electron chi connectivity index (χ0n) is 11.9. The maximum Gasteiger partial charge on any atom is 0.358 e. The molecule has 1 aromatic heterocycles. The number of aromatic nitrogens is 1. The van der Waals surface area contributed by atoms with Gasteiger partial charge >= 0.3 is 11.9 Å². The number of pyridine rings is 1. The fourth-order valence-corrected chi connectivity index (χ4v) is 3.29. The predicted molar refractivity (Wildman–Crippen MR) is 90.4 cm³/mol. The fraction of sp³-hybridized carbons (Fsp3) is 0.462. The normalized spacial score (nSPS) is 10.0. The van der Waals surface area contributed by atoms with Crippen molar-refractivity contribution in [2.24, 2.45) is 0 Å². The number of nitrogens with zero attached hydrogens (tertiary/aromatic N) is 2. The Hall–Kier alpha value is -1.03. The van der Waals surface area contributed by atoms with E-state index in [0.29, 0.717) is 31.7 Å². The van der Waals surface area contributed by atoms with E-state index >= 15 is 0 Å². The number of carbonyl (C=O) groups excluding carboxylic acids is 2. The number of carbonyl (C=O) groups is 2. The summed E-state index contributed by atoms with van der Waals surface area (Å²) in [5, 5.41) is 0. The minimum atomic E-state index is -0.480. The fourth-order valence-electron chi connectivity index (χ4n) is 1.64. The zero-order chi connectivity index (χ0) is 15.7. The Bertz CT molecular complexity index is 487. The van der Waals surface area contributed by atoms with Gasteiger partial charge in [-0.2, -0.15) is 0 Å². The molecule has 0 aromatic carbocycles. The summed E-state index contributed by atoms with van der Waals surface area (Å²) in [5.74, 6) is -0.693. The number of anilines is 1. The molecule has 21 heavy (non-hydrogen) atoms. The third kappa shape index (κ3) is 5.70. The number of halogens is 1. The predicted octanol–water partition coefficient (Wildman–Crippen LogP) is 3.02. The summed E-state index contributed by atoms with van der Waals surface area (Å²) in [5.41, 5.74) is 0.938. The van der Waals surface area contributed by atoms with E-state index in [1.165, 1.54) is 16.2 Å². The van der Waals surface area contributed by atoms with Crippen molar-refractivity contribution in [2.75, 3.05) is 24.6 Å². The van der Waals surface area contributed by atoms with Gasteiger partial charge in [0.05, 0.1) is 19.4 Å². The quantitative estimate of drug-likeness (QED) is 0.361. The summed E-state index contributed by atoms with van der Waals surface area (Å²) >= 11 is 2.13. The molecule has 0 fully saturated rings. The first-order chi connectivity index (χ1) is 10.1. The van der Waals surface area contributed by atoms with Crippen molar-refractivity contribution in [2.45, 2.75) is 19.8 Å². The third-order valence-corrected chi connectivity index (χ3v) is 4.54.